The van der Waals surface area contributed by atoms with Crippen LogP contribution in [-0.4, -0.2) is 53.2 Å². The number of sulfone groups is 1. The maximum absolute atomic E-state index is 14.4. The molecule has 0 aliphatic carbocycles. The van der Waals surface area contributed by atoms with E-state index in [1.54, 1.807) is 25.1 Å². The Labute approximate surface area is 121 Å². The first-order chi connectivity index (χ1) is 9.89. The highest BCUT2D eigenvalue weighted by Gasteiger charge is 2.29. The van der Waals surface area contributed by atoms with Crippen LogP contribution in [0.5, 0.6) is 0 Å². The van der Waals surface area contributed by atoms with Gasteiger partial charge in [0.2, 0.25) is 5.95 Å². The summed E-state index contributed by atoms with van der Waals surface area (Å²) < 4.78 is 38.4. The van der Waals surface area contributed by atoms with Gasteiger partial charge in [0.1, 0.15) is 5.65 Å². The standard InChI is InChI=1S/C13H14FN3O3S/c1-9-3-2-4-10-15-11(12(14)17(9)10)13(18)16-5-7-21(19,20)8-6-16/h2-4H,5-8H2,1H3. The van der Waals surface area contributed by atoms with Crippen LogP contribution < -0.4 is 0 Å². The minimum absolute atomic E-state index is 0.0768. The van der Waals surface area contributed by atoms with E-state index in [0.717, 1.165) is 0 Å². The molecule has 21 heavy (non-hydrogen) atoms. The highest BCUT2D eigenvalue weighted by Crippen LogP contribution is 2.16. The molecule has 0 atom stereocenters. The van der Waals surface area contributed by atoms with Crippen molar-refractivity contribution < 1.29 is 17.6 Å². The molecule has 2 aromatic heterocycles. The molecule has 2 aromatic rings. The maximum Gasteiger partial charge on any atom is 0.277 e. The molecule has 1 fully saturated rings. The Morgan fingerprint density at radius 1 is 1.29 bits per heavy atom. The zero-order valence-electron chi connectivity index (χ0n) is 11.4. The zero-order chi connectivity index (χ0) is 15.2. The molecule has 0 bridgehead atoms. The Morgan fingerprint density at radius 3 is 2.57 bits per heavy atom. The minimum Gasteiger partial charge on any atom is -0.335 e. The van der Waals surface area contributed by atoms with E-state index in [-0.39, 0.29) is 30.3 Å². The predicted octanol–water partition coefficient (Wildman–Crippen LogP) is 0.652. The summed E-state index contributed by atoms with van der Waals surface area (Å²) >= 11 is 0. The second kappa shape index (κ2) is 4.80. The highest BCUT2D eigenvalue weighted by atomic mass is 32.2. The summed E-state index contributed by atoms with van der Waals surface area (Å²) in [7, 11) is -3.09. The van der Waals surface area contributed by atoms with E-state index in [4.69, 9.17) is 0 Å². The largest absolute Gasteiger partial charge is 0.335 e. The monoisotopic (exact) mass is 311 g/mol. The van der Waals surface area contributed by atoms with E-state index >= 15 is 0 Å². The molecule has 0 N–H and O–H groups in total. The number of aryl methyl sites for hydroxylation is 1. The molecule has 6 nitrogen and oxygen atoms in total. The number of hydrogen-bond donors (Lipinski definition) is 0. The smallest absolute Gasteiger partial charge is 0.277 e. The van der Waals surface area contributed by atoms with Gasteiger partial charge >= 0.3 is 0 Å². The average molecular weight is 311 g/mol. The fourth-order valence-corrected chi connectivity index (χ4v) is 3.62. The number of rotatable bonds is 1. The third-order valence-corrected chi connectivity index (χ3v) is 5.23. The molecule has 1 saturated heterocycles. The molecule has 0 spiro atoms. The number of carbonyl (C=O) groups excluding carboxylic acids is 1. The fourth-order valence-electron chi connectivity index (χ4n) is 2.41. The van der Waals surface area contributed by atoms with Gasteiger partial charge in [0, 0.05) is 18.8 Å². The molecule has 0 saturated carbocycles. The van der Waals surface area contributed by atoms with Crippen molar-refractivity contribution in [3.05, 3.63) is 35.5 Å². The molecule has 1 amide bonds. The first-order valence-electron chi connectivity index (χ1n) is 6.52. The molecule has 0 unspecified atom stereocenters. The summed E-state index contributed by atoms with van der Waals surface area (Å²) in [5.74, 6) is -1.45. The molecule has 0 aromatic carbocycles. The van der Waals surface area contributed by atoms with Gasteiger partial charge in [-0.2, -0.15) is 4.39 Å². The van der Waals surface area contributed by atoms with Crippen LogP contribution in [-0.2, 0) is 9.84 Å². The number of hydrogen-bond acceptors (Lipinski definition) is 4. The lowest BCUT2D eigenvalue weighted by Crippen LogP contribution is -2.44. The van der Waals surface area contributed by atoms with Crippen molar-refractivity contribution >= 4 is 21.4 Å². The second-order valence-electron chi connectivity index (χ2n) is 5.06. The number of aromatic nitrogens is 2. The Hall–Kier alpha value is -1.96. The Balaban J connectivity index is 1.96. The molecule has 3 rings (SSSR count). The van der Waals surface area contributed by atoms with Crippen molar-refractivity contribution in [2.75, 3.05) is 24.6 Å². The Bertz CT molecular complexity index is 815. The van der Waals surface area contributed by atoms with Crippen LogP contribution in [0.25, 0.3) is 5.65 Å². The summed E-state index contributed by atoms with van der Waals surface area (Å²) in [6, 6.07) is 5.08. The van der Waals surface area contributed by atoms with Crippen LogP contribution in [0.1, 0.15) is 16.2 Å². The predicted molar refractivity (Wildman–Crippen MR) is 74.4 cm³/mol. The maximum atomic E-state index is 14.4. The topological polar surface area (TPSA) is 71.8 Å². The summed E-state index contributed by atoms with van der Waals surface area (Å²) in [6.45, 7) is 1.88. The minimum atomic E-state index is -3.09. The van der Waals surface area contributed by atoms with E-state index in [1.165, 1.54) is 9.30 Å². The fraction of sp³-hybridized carbons (Fsp3) is 0.385. The van der Waals surface area contributed by atoms with Gasteiger partial charge in [-0.1, -0.05) is 6.07 Å². The second-order valence-corrected chi connectivity index (χ2v) is 7.36. The first-order valence-corrected chi connectivity index (χ1v) is 8.34. The van der Waals surface area contributed by atoms with E-state index < -0.39 is 21.7 Å². The Morgan fingerprint density at radius 2 is 1.95 bits per heavy atom. The summed E-state index contributed by atoms with van der Waals surface area (Å²) in [5.41, 5.74) is 0.738. The zero-order valence-corrected chi connectivity index (χ0v) is 12.2. The third kappa shape index (κ3) is 2.39. The Kier molecular flexibility index (Phi) is 3.20. The van der Waals surface area contributed by atoms with Crippen molar-refractivity contribution in [1.29, 1.82) is 0 Å². The van der Waals surface area contributed by atoms with Crippen LogP contribution in [0.2, 0.25) is 0 Å². The summed E-state index contributed by atoms with van der Waals surface area (Å²) in [4.78, 5) is 17.7. The van der Waals surface area contributed by atoms with Crippen molar-refractivity contribution in [3.63, 3.8) is 0 Å². The molecule has 0 radical (unpaired) electrons. The average Bonchev–Trinajstić information content (AvgIpc) is 2.77. The molecular formula is C13H14FN3O3S. The number of fused-ring (bicyclic) bond motifs is 1. The van der Waals surface area contributed by atoms with Gasteiger partial charge in [0.15, 0.2) is 15.5 Å². The highest BCUT2D eigenvalue weighted by molar-refractivity contribution is 7.91. The van der Waals surface area contributed by atoms with Gasteiger partial charge in [0.05, 0.1) is 11.5 Å². The van der Waals surface area contributed by atoms with Gasteiger partial charge in [-0.05, 0) is 19.1 Å². The molecule has 3 heterocycles. The van der Waals surface area contributed by atoms with Crippen LogP contribution >= 0.6 is 0 Å². The van der Waals surface area contributed by atoms with Gasteiger partial charge in [-0.25, -0.2) is 13.4 Å². The number of carbonyl (C=O) groups is 1. The van der Waals surface area contributed by atoms with Crippen molar-refractivity contribution in [2.45, 2.75) is 6.92 Å². The van der Waals surface area contributed by atoms with E-state index in [1.807, 2.05) is 0 Å². The van der Waals surface area contributed by atoms with Crippen molar-refractivity contribution in [3.8, 4) is 0 Å². The lowest BCUT2D eigenvalue weighted by molar-refractivity contribution is 0.0759. The summed E-state index contributed by atoms with van der Waals surface area (Å²) in [5, 5.41) is 0. The molecule has 1 aliphatic heterocycles. The third-order valence-electron chi connectivity index (χ3n) is 3.62. The van der Waals surface area contributed by atoms with Crippen molar-refractivity contribution in [1.82, 2.24) is 14.3 Å². The van der Waals surface area contributed by atoms with Crippen LogP contribution in [0, 0.1) is 12.9 Å². The number of nitrogens with zero attached hydrogens (tertiary/aromatic N) is 3. The number of pyridine rings is 1. The van der Waals surface area contributed by atoms with Crippen LogP contribution in [0.3, 0.4) is 0 Å². The van der Waals surface area contributed by atoms with Gasteiger partial charge in [-0.15, -0.1) is 0 Å². The quantitative estimate of drug-likeness (QED) is 0.775. The van der Waals surface area contributed by atoms with E-state index in [2.05, 4.69) is 4.98 Å². The molecule has 8 heteroatoms. The summed E-state index contributed by atoms with van der Waals surface area (Å²) in [6.07, 6.45) is 0. The first kappa shape index (κ1) is 14.0. The lowest BCUT2D eigenvalue weighted by Gasteiger charge is -2.25. The number of halogens is 1. The van der Waals surface area contributed by atoms with E-state index in [9.17, 15) is 17.6 Å². The normalized spacial score (nSPS) is 18.1. The van der Waals surface area contributed by atoms with Crippen LogP contribution in [0.4, 0.5) is 4.39 Å². The van der Waals surface area contributed by atoms with Crippen molar-refractivity contribution in [2.24, 2.45) is 0 Å². The SMILES string of the molecule is Cc1cccc2nc(C(=O)N3CCS(=O)(=O)CC3)c(F)n12. The van der Waals surface area contributed by atoms with Crippen LogP contribution in [0.15, 0.2) is 18.2 Å². The molecule has 112 valence electrons. The number of imidazole rings is 1. The van der Waals surface area contributed by atoms with E-state index in [0.29, 0.717) is 11.3 Å². The van der Waals surface area contributed by atoms with Gasteiger partial charge < -0.3 is 4.90 Å². The molecular weight excluding hydrogens is 297 g/mol. The number of amides is 1. The molecule has 1 aliphatic rings. The lowest BCUT2D eigenvalue weighted by atomic mass is 10.3. The van der Waals surface area contributed by atoms with Gasteiger partial charge in [0.25, 0.3) is 5.91 Å². The van der Waals surface area contributed by atoms with Gasteiger partial charge in [-0.3, -0.25) is 9.20 Å².